The largest absolute Gasteiger partial charge is 0.338 e. The molecule has 0 spiro atoms. The Morgan fingerprint density at radius 1 is 1.21 bits per heavy atom. The number of H-pyrrole nitrogens is 1. The highest BCUT2D eigenvalue weighted by atomic mass is 32.2. The van der Waals surface area contributed by atoms with E-state index in [1.807, 2.05) is 42.9 Å². The Bertz CT molecular complexity index is 995. The van der Waals surface area contributed by atoms with Gasteiger partial charge in [-0.1, -0.05) is 18.2 Å². The number of piperidine rings is 1. The number of aromatic amines is 1. The van der Waals surface area contributed by atoms with Crippen LogP contribution >= 0.6 is 11.8 Å². The average Bonchev–Trinajstić information content (AvgIpc) is 3.26. The Balaban J connectivity index is 1.33. The summed E-state index contributed by atoms with van der Waals surface area (Å²) in [6, 6.07) is 9.93. The molecule has 1 aliphatic rings. The van der Waals surface area contributed by atoms with Gasteiger partial charge in [-0.2, -0.15) is 0 Å². The molecule has 3 heterocycles. The van der Waals surface area contributed by atoms with Gasteiger partial charge >= 0.3 is 0 Å². The van der Waals surface area contributed by atoms with E-state index in [-0.39, 0.29) is 17.0 Å². The summed E-state index contributed by atoms with van der Waals surface area (Å²) in [6.07, 6.45) is 8.81. The third-order valence-corrected chi connectivity index (χ3v) is 6.15. The first-order chi connectivity index (χ1) is 14.2. The Morgan fingerprint density at radius 2 is 2.00 bits per heavy atom. The first-order valence-electron chi connectivity index (χ1n) is 9.70. The summed E-state index contributed by atoms with van der Waals surface area (Å²) in [6.45, 7) is 2.23. The summed E-state index contributed by atoms with van der Waals surface area (Å²) in [5.41, 5.74) is -0.249. The number of carbonyl (C=O) groups is 1. The number of hydrogen-bond donors (Lipinski definition) is 1. The van der Waals surface area contributed by atoms with Crippen LogP contribution in [0.25, 0.3) is 0 Å². The molecule has 0 aliphatic carbocycles. The second-order valence-electron chi connectivity index (χ2n) is 7.17. The smallest absolute Gasteiger partial charge is 0.263 e. The van der Waals surface area contributed by atoms with Crippen LogP contribution in [0.3, 0.4) is 0 Å². The fraction of sp³-hybridized carbons (Fsp3) is 0.333. The van der Waals surface area contributed by atoms with Crippen LogP contribution < -0.4 is 5.56 Å². The predicted octanol–water partition coefficient (Wildman–Crippen LogP) is 2.81. The number of nitrogens with zero attached hydrogens (tertiary/aromatic N) is 4. The van der Waals surface area contributed by atoms with Crippen LogP contribution in [0.1, 0.15) is 29.0 Å². The minimum Gasteiger partial charge on any atom is -0.338 e. The number of thioether (sulfide) groups is 1. The highest BCUT2D eigenvalue weighted by Gasteiger charge is 2.25. The lowest BCUT2D eigenvalue weighted by Crippen LogP contribution is -2.41. The van der Waals surface area contributed by atoms with E-state index >= 15 is 0 Å². The standard InChI is InChI=1S/C21H23N5O2S/c27-20-18(12-23-19(24-20)14-29-17-4-2-1-3-5-17)21(28)26-9-6-16(7-10-26)13-25-11-8-22-15-25/h1-5,8,11-12,15-16H,6-7,9-10,13-14H2,(H,23,24,27). The van der Waals surface area contributed by atoms with Crippen molar-refractivity contribution in [3.8, 4) is 0 Å². The van der Waals surface area contributed by atoms with Crippen LogP contribution in [0.5, 0.6) is 0 Å². The van der Waals surface area contributed by atoms with E-state index in [1.165, 1.54) is 6.20 Å². The number of hydrogen-bond acceptors (Lipinski definition) is 5. The molecule has 2 aromatic heterocycles. The summed E-state index contributed by atoms with van der Waals surface area (Å²) in [4.78, 5) is 39.2. The molecule has 1 aliphatic heterocycles. The predicted molar refractivity (Wildman–Crippen MR) is 112 cm³/mol. The normalized spacial score (nSPS) is 14.8. The second kappa shape index (κ2) is 9.09. The zero-order chi connectivity index (χ0) is 20.1. The minimum absolute atomic E-state index is 0.117. The van der Waals surface area contributed by atoms with E-state index in [4.69, 9.17) is 0 Å². The number of carbonyl (C=O) groups excluding carboxylic acids is 1. The summed E-state index contributed by atoms with van der Waals surface area (Å²) >= 11 is 1.59. The molecular formula is C21H23N5O2S. The maximum absolute atomic E-state index is 12.8. The molecule has 1 amide bonds. The molecule has 29 heavy (non-hydrogen) atoms. The highest BCUT2D eigenvalue weighted by Crippen LogP contribution is 2.21. The molecule has 1 N–H and O–H groups in total. The number of rotatable bonds is 6. The Labute approximate surface area is 173 Å². The molecule has 7 nitrogen and oxygen atoms in total. The lowest BCUT2D eigenvalue weighted by molar-refractivity contribution is 0.0680. The van der Waals surface area contributed by atoms with Gasteiger partial charge in [0, 0.05) is 43.1 Å². The summed E-state index contributed by atoms with van der Waals surface area (Å²) in [7, 11) is 0. The topological polar surface area (TPSA) is 83.9 Å². The Hall–Kier alpha value is -2.87. The van der Waals surface area contributed by atoms with Crippen molar-refractivity contribution in [1.82, 2.24) is 24.4 Å². The first-order valence-corrected chi connectivity index (χ1v) is 10.7. The summed E-state index contributed by atoms with van der Waals surface area (Å²) in [5.74, 6) is 1.40. The van der Waals surface area contributed by atoms with Crippen molar-refractivity contribution < 1.29 is 4.79 Å². The summed E-state index contributed by atoms with van der Waals surface area (Å²) in [5, 5.41) is 0. The van der Waals surface area contributed by atoms with E-state index in [9.17, 15) is 9.59 Å². The molecule has 4 rings (SSSR count). The second-order valence-corrected chi connectivity index (χ2v) is 8.22. The van der Waals surface area contributed by atoms with Crippen molar-refractivity contribution in [2.75, 3.05) is 13.1 Å². The van der Waals surface area contributed by atoms with Crippen LogP contribution in [0.4, 0.5) is 0 Å². The zero-order valence-corrected chi connectivity index (χ0v) is 16.8. The molecule has 0 saturated carbocycles. The number of imidazole rings is 1. The maximum Gasteiger partial charge on any atom is 0.263 e. The van der Waals surface area contributed by atoms with Gasteiger partial charge in [0.15, 0.2) is 0 Å². The van der Waals surface area contributed by atoms with Crippen molar-refractivity contribution in [3.63, 3.8) is 0 Å². The van der Waals surface area contributed by atoms with E-state index < -0.39 is 0 Å². The SMILES string of the molecule is O=C(c1cnc(CSc2ccccc2)[nH]c1=O)N1CCC(Cn2ccnc2)CC1. The molecule has 0 bridgehead atoms. The first kappa shape index (κ1) is 19.4. The minimum atomic E-state index is -0.366. The van der Waals surface area contributed by atoms with Gasteiger partial charge in [-0.25, -0.2) is 9.97 Å². The van der Waals surface area contributed by atoms with E-state index in [0.717, 1.165) is 24.3 Å². The summed E-state index contributed by atoms with van der Waals surface area (Å²) < 4.78 is 2.07. The van der Waals surface area contributed by atoms with Gasteiger partial charge in [0.1, 0.15) is 11.4 Å². The van der Waals surface area contributed by atoms with E-state index in [0.29, 0.717) is 30.6 Å². The third kappa shape index (κ3) is 4.95. The molecule has 8 heteroatoms. The molecule has 1 saturated heterocycles. The molecule has 0 atom stereocenters. The molecule has 1 aromatic carbocycles. The van der Waals surface area contributed by atoms with Gasteiger partial charge in [-0.05, 0) is 30.9 Å². The van der Waals surface area contributed by atoms with Crippen LogP contribution in [-0.4, -0.2) is 43.4 Å². The third-order valence-electron chi connectivity index (χ3n) is 5.13. The molecule has 150 valence electrons. The maximum atomic E-state index is 12.8. The van der Waals surface area contributed by atoms with Crippen LogP contribution in [0.15, 0.2) is 64.9 Å². The molecular weight excluding hydrogens is 386 g/mol. The molecule has 3 aromatic rings. The zero-order valence-electron chi connectivity index (χ0n) is 16.0. The van der Waals surface area contributed by atoms with Crippen molar-refractivity contribution in [2.24, 2.45) is 5.92 Å². The molecule has 0 radical (unpaired) electrons. The van der Waals surface area contributed by atoms with Crippen LogP contribution in [-0.2, 0) is 12.3 Å². The quantitative estimate of drug-likeness (QED) is 0.633. The van der Waals surface area contributed by atoms with Gasteiger partial charge < -0.3 is 14.5 Å². The molecule has 1 fully saturated rings. The highest BCUT2D eigenvalue weighted by molar-refractivity contribution is 7.98. The van der Waals surface area contributed by atoms with E-state index in [1.54, 1.807) is 22.9 Å². The number of likely N-dealkylation sites (tertiary alicyclic amines) is 1. The van der Waals surface area contributed by atoms with Gasteiger partial charge in [0.05, 0.1) is 12.1 Å². The van der Waals surface area contributed by atoms with Crippen molar-refractivity contribution >= 4 is 17.7 Å². The number of aromatic nitrogens is 4. The van der Waals surface area contributed by atoms with Gasteiger partial charge in [-0.3, -0.25) is 9.59 Å². The Kier molecular flexibility index (Phi) is 6.09. The van der Waals surface area contributed by atoms with Gasteiger partial charge in [0.2, 0.25) is 0 Å². The number of nitrogens with one attached hydrogen (secondary N) is 1. The number of benzene rings is 1. The van der Waals surface area contributed by atoms with Gasteiger partial charge in [-0.15, -0.1) is 11.8 Å². The number of amides is 1. The van der Waals surface area contributed by atoms with Crippen molar-refractivity contribution in [1.29, 1.82) is 0 Å². The van der Waals surface area contributed by atoms with Gasteiger partial charge in [0.25, 0.3) is 11.5 Å². The lowest BCUT2D eigenvalue weighted by Gasteiger charge is -2.32. The van der Waals surface area contributed by atoms with Crippen molar-refractivity contribution in [3.05, 3.63) is 77.0 Å². The Morgan fingerprint density at radius 3 is 2.69 bits per heavy atom. The average molecular weight is 410 g/mol. The van der Waals surface area contributed by atoms with E-state index in [2.05, 4.69) is 19.5 Å². The van der Waals surface area contributed by atoms with Crippen LogP contribution in [0.2, 0.25) is 0 Å². The lowest BCUT2D eigenvalue weighted by atomic mass is 9.96. The fourth-order valence-corrected chi connectivity index (χ4v) is 4.31. The van der Waals surface area contributed by atoms with Crippen LogP contribution in [0, 0.1) is 5.92 Å². The fourth-order valence-electron chi connectivity index (χ4n) is 3.51. The molecule has 0 unspecified atom stereocenters. The monoisotopic (exact) mass is 409 g/mol. The van der Waals surface area contributed by atoms with Crippen molar-refractivity contribution in [2.45, 2.75) is 30.0 Å².